The van der Waals surface area contributed by atoms with E-state index in [1.54, 1.807) is 0 Å². The molecule has 1 aromatic carbocycles. The van der Waals surface area contributed by atoms with Gasteiger partial charge in [0, 0.05) is 13.1 Å². The molecule has 0 saturated carbocycles. The molecule has 25 heavy (non-hydrogen) atoms. The molecule has 1 aliphatic heterocycles. The summed E-state index contributed by atoms with van der Waals surface area (Å²) in [6.45, 7) is -1.19. The van der Waals surface area contributed by atoms with E-state index in [1.165, 1.54) is 4.90 Å². The average Bonchev–Trinajstić information content (AvgIpc) is 3.03. The highest BCUT2D eigenvalue weighted by molar-refractivity contribution is 5.77. The van der Waals surface area contributed by atoms with Crippen molar-refractivity contribution in [3.8, 4) is 0 Å². The number of carbonyl (C=O) groups is 1. The van der Waals surface area contributed by atoms with Gasteiger partial charge >= 0.3 is 12.3 Å². The summed E-state index contributed by atoms with van der Waals surface area (Å²) in [5, 5.41) is 9.14. The first-order valence-electron chi connectivity index (χ1n) is 8.02. The van der Waals surface area contributed by atoms with E-state index in [2.05, 4.69) is 4.74 Å². The van der Waals surface area contributed by atoms with Crippen LogP contribution in [0.5, 0.6) is 0 Å². The molecule has 1 fully saturated rings. The molecule has 1 heterocycles. The number of ether oxygens (including phenoxy) is 1. The van der Waals surface area contributed by atoms with Crippen molar-refractivity contribution in [2.24, 2.45) is 5.92 Å². The molecule has 8 heteroatoms. The second-order valence-electron chi connectivity index (χ2n) is 6.23. The van der Waals surface area contributed by atoms with Crippen LogP contribution in [0.2, 0.25) is 0 Å². The maximum Gasteiger partial charge on any atom is 0.330 e. The van der Waals surface area contributed by atoms with Gasteiger partial charge in [0.2, 0.25) is 5.91 Å². The Bertz CT molecular complexity index is 583. The monoisotopic (exact) mass is 363 g/mol. The van der Waals surface area contributed by atoms with Crippen LogP contribution in [-0.2, 0) is 22.6 Å². The maximum absolute atomic E-state index is 12.7. The predicted octanol–water partition coefficient (Wildman–Crippen LogP) is 2.49. The van der Waals surface area contributed by atoms with Crippen LogP contribution in [0.15, 0.2) is 24.3 Å². The minimum absolute atomic E-state index is 0.0380. The Morgan fingerprint density at radius 1 is 1.36 bits per heavy atom. The normalized spacial score (nSPS) is 18.2. The number of hydrogen-bond donors (Lipinski definition) is 1. The number of rotatable bonds is 8. The molecule has 1 aromatic rings. The fraction of sp³-hybridized carbons (Fsp3) is 0.588. The zero-order valence-electron chi connectivity index (χ0n) is 13.6. The van der Waals surface area contributed by atoms with Crippen LogP contribution in [0.1, 0.15) is 17.5 Å². The molecule has 140 valence electrons. The van der Waals surface area contributed by atoms with E-state index in [0.29, 0.717) is 13.1 Å². The van der Waals surface area contributed by atoms with E-state index in [1.807, 2.05) is 24.3 Å². The number of aliphatic hydroxyl groups excluding tert-OH is 1. The molecule has 1 saturated heterocycles. The number of halogens is 4. The van der Waals surface area contributed by atoms with Gasteiger partial charge in [-0.1, -0.05) is 24.3 Å². The van der Waals surface area contributed by atoms with Gasteiger partial charge in [0.05, 0.1) is 6.61 Å². The minimum atomic E-state index is -4.24. The lowest BCUT2D eigenvalue weighted by Crippen LogP contribution is -2.36. The van der Waals surface area contributed by atoms with Gasteiger partial charge in [0.1, 0.15) is 13.2 Å². The molecule has 0 radical (unpaired) electrons. The molecule has 4 nitrogen and oxygen atoms in total. The van der Waals surface area contributed by atoms with Crippen molar-refractivity contribution in [1.82, 2.24) is 4.90 Å². The zero-order chi connectivity index (χ0) is 18.4. The number of aliphatic hydroxyl groups is 1. The van der Waals surface area contributed by atoms with E-state index < -0.39 is 31.5 Å². The van der Waals surface area contributed by atoms with Gasteiger partial charge in [-0.15, -0.1) is 0 Å². The van der Waals surface area contributed by atoms with Crippen LogP contribution in [0.3, 0.4) is 0 Å². The van der Waals surface area contributed by atoms with Crippen molar-refractivity contribution in [2.75, 3.05) is 26.3 Å². The Kier molecular flexibility index (Phi) is 6.78. The molecule has 1 aliphatic rings. The molecular weight excluding hydrogens is 342 g/mol. The topological polar surface area (TPSA) is 49.8 Å². The molecular formula is C17H21F4NO3. The van der Waals surface area contributed by atoms with Gasteiger partial charge in [0.15, 0.2) is 0 Å². The zero-order valence-corrected chi connectivity index (χ0v) is 13.6. The summed E-state index contributed by atoms with van der Waals surface area (Å²) in [6, 6.07) is 7.52. The largest absolute Gasteiger partial charge is 0.392 e. The van der Waals surface area contributed by atoms with E-state index in [9.17, 15) is 22.4 Å². The van der Waals surface area contributed by atoms with Crippen molar-refractivity contribution < 1.29 is 32.2 Å². The van der Waals surface area contributed by atoms with Gasteiger partial charge in [-0.3, -0.25) is 4.79 Å². The Morgan fingerprint density at radius 3 is 2.76 bits per heavy atom. The van der Waals surface area contributed by atoms with Crippen LogP contribution in [0, 0.1) is 5.92 Å². The number of amides is 1. The second-order valence-corrected chi connectivity index (χ2v) is 6.23. The van der Waals surface area contributed by atoms with E-state index in [4.69, 9.17) is 5.11 Å². The fourth-order valence-corrected chi connectivity index (χ4v) is 2.84. The quantitative estimate of drug-likeness (QED) is 0.722. The first-order chi connectivity index (χ1) is 11.8. The van der Waals surface area contributed by atoms with Gasteiger partial charge in [0.25, 0.3) is 0 Å². The molecule has 0 aromatic heterocycles. The Morgan fingerprint density at radius 2 is 2.08 bits per heavy atom. The molecule has 2 rings (SSSR count). The second kappa shape index (κ2) is 8.62. The molecule has 1 amide bonds. The summed E-state index contributed by atoms with van der Waals surface area (Å²) in [7, 11) is 0. The number of hydrogen-bond acceptors (Lipinski definition) is 3. The van der Waals surface area contributed by atoms with Crippen LogP contribution < -0.4 is 0 Å². The standard InChI is InChI=1S/C17H21F4NO3/c18-16(19)17(20,21)11-25-10-15(24)22-5-4-13(8-22)6-12-2-1-3-14(7-12)9-23/h1-3,7,13,16,23H,4-6,8-11H2/t13-/m1/s1. The Labute approximate surface area is 143 Å². The van der Waals surface area contributed by atoms with Crippen LogP contribution in [0.25, 0.3) is 0 Å². The van der Waals surface area contributed by atoms with Crippen LogP contribution in [0.4, 0.5) is 17.6 Å². The molecule has 0 aliphatic carbocycles. The molecule has 0 bridgehead atoms. The van der Waals surface area contributed by atoms with E-state index in [0.717, 1.165) is 24.0 Å². The highest BCUT2D eigenvalue weighted by atomic mass is 19.3. The summed E-state index contributed by atoms with van der Waals surface area (Å²) in [6.07, 6.45) is -2.31. The number of nitrogens with zero attached hydrogens (tertiary/aromatic N) is 1. The van der Waals surface area contributed by atoms with Crippen molar-refractivity contribution in [1.29, 1.82) is 0 Å². The number of carbonyl (C=O) groups excluding carboxylic acids is 1. The number of benzene rings is 1. The van der Waals surface area contributed by atoms with Gasteiger partial charge in [-0.25, -0.2) is 8.78 Å². The summed E-state index contributed by atoms with van der Waals surface area (Å²) in [4.78, 5) is 13.4. The lowest BCUT2D eigenvalue weighted by Gasteiger charge is -2.19. The van der Waals surface area contributed by atoms with Crippen LogP contribution in [-0.4, -0.2) is 54.6 Å². The lowest BCUT2D eigenvalue weighted by molar-refractivity contribution is -0.170. The molecule has 0 spiro atoms. The number of alkyl halides is 4. The third kappa shape index (κ3) is 5.67. The van der Waals surface area contributed by atoms with Crippen molar-refractivity contribution in [3.05, 3.63) is 35.4 Å². The summed E-state index contributed by atoms with van der Waals surface area (Å²) in [5.74, 6) is -4.50. The Balaban J connectivity index is 1.77. The van der Waals surface area contributed by atoms with Gasteiger partial charge in [-0.05, 0) is 29.9 Å². The summed E-state index contributed by atoms with van der Waals surface area (Å²) < 4.78 is 53.9. The average molecular weight is 363 g/mol. The third-order valence-electron chi connectivity index (χ3n) is 4.18. The SMILES string of the molecule is O=C(COCC(F)(F)C(F)F)N1CC[C@H](Cc2cccc(CO)c2)C1. The smallest absolute Gasteiger partial charge is 0.330 e. The Hall–Kier alpha value is -1.67. The first kappa shape index (κ1) is 19.7. The van der Waals surface area contributed by atoms with Crippen molar-refractivity contribution in [3.63, 3.8) is 0 Å². The van der Waals surface area contributed by atoms with E-state index >= 15 is 0 Å². The minimum Gasteiger partial charge on any atom is -0.392 e. The summed E-state index contributed by atoms with van der Waals surface area (Å²) >= 11 is 0. The highest BCUT2D eigenvalue weighted by Crippen LogP contribution is 2.24. The van der Waals surface area contributed by atoms with E-state index in [-0.39, 0.29) is 12.5 Å². The van der Waals surface area contributed by atoms with Crippen molar-refractivity contribution in [2.45, 2.75) is 31.8 Å². The third-order valence-corrected chi connectivity index (χ3v) is 4.18. The maximum atomic E-state index is 12.7. The molecule has 1 N–H and O–H groups in total. The fourth-order valence-electron chi connectivity index (χ4n) is 2.84. The van der Waals surface area contributed by atoms with Crippen LogP contribution >= 0.6 is 0 Å². The lowest BCUT2D eigenvalue weighted by atomic mass is 9.97. The predicted molar refractivity (Wildman–Crippen MR) is 82.5 cm³/mol. The first-order valence-corrected chi connectivity index (χ1v) is 8.02. The number of likely N-dealkylation sites (tertiary alicyclic amines) is 1. The van der Waals surface area contributed by atoms with Gasteiger partial charge in [-0.2, -0.15) is 8.78 Å². The highest BCUT2D eigenvalue weighted by Gasteiger charge is 2.41. The van der Waals surface area contributed by atoms with Crippen molar-refractivity contribution >= 4 is 5.91 Å². The molecule has 1 atom stereocenters. The summed E-state index contributed by atoms with van der Waals surface area (Å²) in [5.41, 5.74) is 1.87. The molecule has 0 unspecified atom stereocenters. The van der Waals surface area contributed by atoms with Gasteiger partial charge < -0.3 is 14.7 Å².